The van der Waals surface area contributed by atoms with Crippen LogP contribution < -0.4 is 21.3 Å². The highest BCUT2D eigenvalue weighted by atomic mass is 16.6. The molecule has 1 heterocycles. The van der Waals surface area contributed by atoms with Crippen molar-refractivity contribution in [2.24, 2.45) is 11.8 Å². The van der Waals surface area contributed by atoms with Gasteiger partial charge in [-0.05, 0) is 41.9 Å². The Morgan fingerprint density at radius 3 is 1.41 bits per heavy atom. The summed E-state index contributed by atoms with van der Waals surface area (Å²) in [5.74, 6) is -1.17. The third-order valence-electron chi connectivity index (χ3n) is 8.32. The fourth-order valence-corrected chi connectivity index (χ4v) is 5.50. The summed E-state index contributed by atoms with van der Waals surface area (Å²) >= 11 is 0. The van der Waals surface area contributed by atoms with Crippen LogP contribution in [0, 0.1) is 11.8 Å². The second-order valence-electron chi connectivity index (χ2n) is 13.0. The van der Waals surface area contributed by atoms with Gasteiger partial charge in [-0.3, -0.25) is 9.59 Å². The lowest BCUT2D eigenvalue weighted by Crippen LogP contribution is -2.55. The molecular formula is C38H48N4O7. The van der Waals surface area contributed by atoms with Crippen molar-refractivity contribution in [3.8, 4) is 0 Å². The first kappa shape index (κ1) is 36.9. The van der Waals surface area contributed by atoms with Gasteiger partial charge in [0.1, 0.15) is 37.5 Å². The van der Waals surface area contributed by atoms with Gasteiger partial charge in [-0.1, -0.05) is 119 Å². The van der Waals surface area contributed by atoms with Gasteiger partial charge < -0.3 is 35.5 Å². The van der Waals surface area contributed by atoms with E-state index in [2.05, 4.69) is 21.3 Å². The van der Waals surface area contributed by atoms with E-state index in [1.54, 1.807) is 0 Å². The summed E-state index contributed by atoms with van der Waals surface area (Å²) in [6, 6.07) is 25.7. The second kappa shape index (κ2) is 18.0. The van der Waals surface area contributed by atoms with E-state index in [4.69, 9.17) is 14.2 Å². The lowest BCUT2D eigenvalue weighted by molar-refractivity contribution is -0.125. The number of carbonyl (C=O) groups is 4. The molecule has 0 saturated carbocycles. The van der Waals surface area contributed by atoms with Crippen LogP contribution in [0.2, 0.25) is 0 Å². The lowest BCUT2D eigenvalue weighted by atomic mass is 9.97. The highest BCUT2D eigenvalue weighted by Gasteiger charge is 2.49. The van der Waals surface area contributed by atoms with E-state index in [1.165, 1.54) is 0 Å². The smallest absolute Gasteiger partial charge is 0.408 e. The zero-order valence-corrected chi connectivity index (χ0v) is 28.8. The maximum atomic E-state index is 13.6. The summed E-state index contributed by atoms with van der Waals surface area (Å²) in [6.07, 6.45) is -1.70. The molecule has 4 amide bonds. The van der Waals surface area contributed by atoms with Gasteiger partial charge in [0.05, 0.1) is 12.1 Å². The molecule has 3 aromatic carbocycles. The summed E-state index contributed by atoms with van der Waals surface area (Å²) in [5.41, 5.74) is 2.67. The Kier molecular flexibility index (Phi) is 13.6. The molecule has 6 atom stereocenters. The third-order valence-corrected chi connectivity index (χ3v) is 8.32. The Bertz CT molecular complexity index is 1500. The monoisotopic (exact) mass is 672 g/mol. The summed E-state index contributed by atoms with van der Waals surface area (Å²) in [4.78, 5) is 52.2. The number of ether oxygens (including phenoxy) is 3. The third kappa shape index (κ3) is 11.6. The van der Waals surface area contributed by atoms with E-state index in [9.17, 15) is 19.2 Å². The number of hydrogen-bond acceptors (Lipinski definition) is 7. The van der Waals surface area contributed by atoms with Crippen molar-refractivity contribution < 1.29 is 33.4 Å². The van der Waals surface area contributed by atoms with Gasteiger partial charge in [0, 0.05) is 0 Å². The summed E-state index contributed by atoms with van der Waals surface area (Å²) < 4.78 is 16.8. The van der Waals surface area contributed by atoms with Gasteiger partial charge in [0.15, 0.2) is 0 Å². The van der Waals surface area contributed by atoms with Gasteiger partial charge in [0.25, 0.3) is 0 Å². The summed E-state index contributed by atoms with van der Waals surface area (Å²) in [6.45, 7) is 9.37. The molecule has 0 aliphatic carbocycles. The highest BCUT2D eigenvalue weighted by molar-refractivity contribution is 5.87. The van der Waals surface area contributed by atoms with Gasteiger partial charge in [-0.25, -0.2) is 9.59 Å². The van der Waals surface area contributed by atoms with Crippen LogP contribution in [0.5, 0.6) is 0 Å². The first-order valence-corrected chi connectivity index (χ1v) is 16.8. The molecular weight excluding hydrogens is 624 g/mol. The van der Waals surface area contributed by atoms with Crippen molar-refractivity contribution in [2.45, 2.75) is 90.6 Å². The van der Waals surface area contributed by atoms with E-state index in [0.29, 0.717) is 6.42 Å². The van der Waals surface area contributed by atoms with Gasteiger partial charge in [0.2, 0.25) is 11.8 Å². The van der Waals surface area contributed by atoms with Gasteiger partial charge in [-0.15, -0.1) is 0 Å². The molecule has 1 fully saturated rings. The molecule has 1 unspecified atom stereocenters. The SMILES string of the molecule is CC(C)[C@H](NC(=O)OCc1ccccc1)C(=O)NC(C)[C@@H]1O[C@@H]1[C@H](Cc1ccccc1)NC(=O)[C@H](NC(=O)OCc1ccccc1)C(C)C. The quantitative estimate of drug-likeness (QED) is 0.159. The topological polar surface area (TPSA) is 147 Å². The van der Waals surface area contributed by atoms with Crippen LogP contribution in [-0.2, 0) is 43.4 Å². The largest absolute Gasteiger partial charge is 0.445 e. The first-order valence-electron chi connectivity index (χ1n) is 16.8. The van der Waals surface area contributed by atoms with Crippen LogP contribution >= 0.6 is 0 Å². The van der Waals surface area contributed by atoms with Crippen LogP contribution in [0.15, 0.2) is 91.0 Å². The zero-order valence-electron chi connectivity index (χ0n) is 28.8. The van der Waals surface area contributed by atoms with Gasteiger partial charge in [-0.2, -0.15) is 0 Å². The van der Waals surface area contributed by atoms with E-state index >= 15 is 0 Å². The molecule has 0 spiro atoms. The second-order valence-corrected chi connectivity index (χ2v) is 13.0. The number of hydrogen-bond donors (Lipinski definition) is 4. The van der Waals surface area contributed by atoms with Crippen molar-refractivity contribution in [1.82, 2.24) is 21.3 Å². The van der Waals surface area contributed by atoms with Crippen LogP contribution in [0.4, 0.5) is 9.59 Å². The number of carbonyl (C=O) groups excluding carboxylic acids is 4. The zero-order chi connectivity index (χ0) is 35.3. The van der Waals surface area contributed by atoms with Crippen LogP contribution in [0.25, 0.3) is 0 Å². The Morgan fingerprint density at radius 2 is 0.980 bits per heavy atom. The Morgan fingerprint density at radius 1 is 0.571 bits per heavy atom. The van der Waals surface area contributed by atoms with E-state index in [0.717, 1.165) is 16.7 Å². The molecule has 4 rings (SSSR count). The Labute approximate surface area is 288 Å². The lowest BCUT2D eigenvalue weighted by Gasteiger charge is -2.26. The molecule has 262 valence electrons. The predicted molar refractivity (Wildman–Crippen MR) is 185 cm³/mol. The van der Waals surface area contributed by atoms with E-state index in [-0.39, 0.29) is 36.9 Å². The average molecular weight is 673 g/mol. The molecule has 3 aromatic rings. The molecule has 4 N–H and O–H groups in total. The number of rotatable bonds is 16. The molecule has 49 heavy (non-hydrogen) atoms. The molecule has 0 bridgehead atoms. The first-order chi connectivity index (χ1) is 23.5. The minimum Gasteiger partial charge on any atom is -0.445 e. The number of nitrogens with one attached hydrogen (secondary N) is 4. The average Bonchev–Trinajstić information content (AvgIpc) is 3.90. The van der Waals surface area contributed by atoms with Crippen molar-refractivity contribution >= 4 is 24.0 Å². The minimum absolute atomic E-state index is 0.0823. The maximum absolute atomic E-state index is 13.6. The number of epoxide rings is 1. The van der Waals surface area contributed by atoms with Crippen molar-refractivity contribution in [3.63, 3.8) is 0 Å². The maximum Gasteiger partial charge on any atom is 0.408 e. The Hall–Kier alpha value is -4.90. The number of alkyl carbamates (subject to hydrolysis) is 2. The minimum atomic E-state index is -0.851. The molecule has 1 saturated heterocycles. The molecule has 0 radical (unpaired) electrons. The normalized spacial score (nSPS) is 17.6. The van der Waals surface area contributed by atoms with Crippen LogP contribution in [-0.4, -0.2) is 60.4 Å². The van der Waals surface area contributed by atoms with Crippen LogP contribution in [0.3, 0.4) is 0 Å². The van der Waals surface area contributed by atoms with Crippen molar-refractivity contribution in [3.05, 3.63) is 108 Å². The predicted octanol–water partition coefficient (Wildman–Crippen LogP) is 4.89. The fraction of sp³-hybridized carbons (Fsp3) is 0.421. The van der Waals surface area contributed by atoms with Gasteiger partial charge >= 0.3 is 12.2 Å². The number of amides is 4. The Balaban J connectivity index is 1.35. The fourth-order valence-electron chi connectivity index (χ4n) is 5.50. The summed E-state index contributed by atoms with van der Waals surface area (Å²) in [7, 11) is 0. The molecule has 1 aliphatic heterocycles. The molecule has 11 heteroatoms. The standard InChI is InChI=1S/C38H48N4O7/c1-24(2)31(41-37(45)47-22-28-17-11-7-12-18-28)35(43)39-26(5)33-34(49-33)30(21-27-15-9-6-10-16-27)40-36(44)32(25(3)4)42-38(46)48-23-29-19-13-8-14-20-29/h6-20,24-26,30-34H,21-23H2,1-5H3,(H,39,43)(H,40,44)(H,41,45)(H,42,46)/t26?,30-,31-,32+,33-,34+/m0/s1. The molecule has 1 aliphatic rings. The van der Waals surface area contributed by atoms with E-state index in [1.807, 2.05) is 126 Å². The molecule has 0 aromatic heterocycles. The number of benzene rings is 3. The van der Waals surface area contributed by atoms with Crippen LogP contribution in [0.1, 0.15) is 51.3 Å². The highest BCUT2D eigenvalue weighted by Crippen LogP contribution is 2.31. The van der Waals surface area contributed by atoms with Crippen molar-refractivity contribution in [1.29, 1.82) is 0 Å². The summed E-state index contributed by atoms with van der Waals surface area (Å²) in [5, 5.41) is 11.5. The van der Waals surface area contributed by atoms with Crippen molar-refractivity contribution in [2.75, 3.05) is 0 Å². The van der Waals surface area contributed by atoms with E-state index < -0.39 is 48.6 Å². The molecule has 11 nitrogen and oxygen atoms in total.